The Bertz CT molecular complexity index is 3160. The van der Waals surface area contributed by atoms with Crippen molar-refractivity contribution in [1.82, 2.24) is 18.9 Å². The molecule has 9 aromatic rings. The van der Waals surface area contributed by atoms with Crippen molar-refractivity contribution < 1.29 is 44.2 Å². The van der Waals surface area contributed by atoms with Gasteiger partial charge in [0.1, 0.15) is 17.1 Å². The van der Waals surface area contributed by atoms with Gasteiger partial charge in [0.25, 0.3) is 10.0 Å². The zero-order valence-corrected chi connectivity index (χ0v) is 33.1. The molecule has 0 aliphatic rings. The van der Waals surface area contributed by atoms with Crippen LogP contribution in [0.15, 0.2) is 136 Å². The summed E-state index contributed by atoms with van der Waals surface area (Å²) in [5.74, 6) is -1.01. The Morgan fingerprint density at radius 2 is 1.30 bits per heavy atom. The van der Waals surface area contributed by atoms with Crippen molar-refractivity contribution >= 4 is 54.8 Å². The molecule has 0 unspecified atom stereocenters. The van der Waals surface area contributed by atoms with E-state index in [1.54, 1.807) is 42.6 Å². The number of fused-ring (bicyclic) bond motifs is 2. The van der Waals surface area contributed by atoms with Gasteiger partial charge in [0, 0.05) is 51.6 Å². The maximum absolute atomic E-state index is 15.3. The zero-order chi connectivity index (χ0) is 42.0. The van der Waals surface area contributed by atoms with Gasteiger partial charge in [0.15, 0.2) is 5.65 Å². The molecule has 1 N–H and O–H groups in total. The molecule has 0 saturated heterocycles. The Morgan fingerprint density at radius 1 is 0.667 bits per heavy atom. The minimum absolute atomic E-state index is 0.0156. The minimum Gasteiger partial charge on any atom is -0.406 e. The van der Waals surface area contributed by atoms with Crippen molar-refractivity contribution in [3.8, 4) is 67.3 Å². The summed E-state index contributed by atoms with van der Waals surface area (Å²) in [6, 6.07) is 22.2. The Kier molecular flexibility index (Phi) is 9.56. The number of aromatic amines is 1. The number of thiophene rings is 2. The van der Waals surface area contributed by atoms with Gasteiger partial charge in [-0.05, 0) is 111 Å². The van der Waals surface area contributed by atoms with E-state index in [4.69, 9.17) is 4.98 Å². The normalized spacial score (nSPS) is 12.4. The van der Waals surface area contributed by atoms with Gasteiger partial charge in [0.2, 0.25) is 0 Å². The van der Waals surface area contributed by atoms with Gasteiger partial charge < -0.3 is 14.5 Å². The highest BCUT2D eigenvalue weighted by Gasteiger charge is 2.36. The first-order valence-corrected chi connectivity index (χ1v) is 21.1. The summed E-state index contributed by atoms with van der Waals surface area (Å²) in [5.41, 5.74) is 4.74. The number of ether oxygens (including phenoxy) is 2. The highest BCUT2D eigenvalue weighted by molar-refractivity contribution is 7.90. The van der Waals surface area contributed by atoms with Crippen molar-refractivity contribution in [2.24, 2.45) is 0 Å². The number of halogens is 6. The van der Waals surface area contributed by atoms with E-state index >= 15 is 8.42 Å². The van der Waals surface area contributed by atoms with Crippen LogP contribution in [0.1, 0.15) is 5.56 Å². The van der Waals surface area contributed by atoms with Crippen LogP contribution in [0.25, 0.3) is 77.8 Å². The first-order valence-electron chi connectivity index (χ1n) is 17.8. The molecule has 0 amide bonds. The van der Waals surface area contributed by atoms with E-state index in [0.29, 0.717) is 49.8 Å². The highest BCUT2D eigenvalue weighted by Crippen LogP contribution is 2.51. The maximum Gasteiger partial charge on any atom is 0.573 e. The molecule has 0 bridgehead atoms. The number of nitrogens with one attached hydrogen (secondary N) is 1. The lowest BCUT2D eigenvalue weighted by Crippen LogP contribution is -2.17. The zero-order valence-electron chi connectivity index (χ0n) is 30.7. The predicted molar refractivity (Wildman–Crippen MR) is 219 cm³/mol. The molecule has 17 heteroatoms. The van der Waals surface area contributed by atoms with Crippen LogP contribution in [-0.4, -0.2) is 40.1 Å². The van der Waals surface area contributed by atoms with Crippen LogP contribution in [-0.2, 0) is 10.0 Å². The molecule has 0 atom stereocenters. The molecule has 0 aliphatic heterocycles. The Morgan fingerprint density at radius 3 is 1.93 bits per heavy atom. The monoisotopic (exact) mass is 872 g/mol. The highest BCUT2D eigenvalue weighted by atomic mass is 32.2. The van der Waals surface area contributed by atoms with Gasteiger partial charge >= 0.3 is 12.7 Å². The molecule has 0 fully saturated rings. The lowest BCUT2D eigenvalue weighted by Gasteiger charge is -2.18. The number of H-pyrrole nitrogens is 1. The molecule has 0 aliphatic carbocycles. The topological polar surface area (TPSA) is 99.1 Å². The minimum atomic E-state index is -5.04. The number of rotatable bonds is 9. The summed E-state index contributed by atoms with van der Waals surface area (Å²) in [5, 5.41) is 8.07. The van der Waals surface area contributed by atoms with Crippen molar-refractivity contribution in [2.75, 3.05) is 0 Å². The second-order valence-corrected chi connectivity index (χ2v) is 16.9. The molecule has 6 heterocycles. The molecule has 9 rings (SSSR count). The van der Waals surface area contributed by atoms with Crippen LogP contribution in [0.4, 0.5) is 26.3 Å². The molecule has 60 heavy (non-hydrogen) atoms. The fourth-order valence-corrected chi connectivity index (χ4v) is 10.1. The lowest BCUT2D eigenvalue weighted by molar-refractivity contribution is -0.275. The van der Waals surface area contributed by atoms with E-state index in [9.17, 15) is 26.3 Å². The molecule has 302 valence electrons. The fourth-order valence-electron chi connectivity index (χ4n) is 7.33. The van der Waals surface area contributed by atoms with Crippen LogP contribution in [0.5, 0.6) is 11.5 Å². The lowest BCUT2D eigenvalue weighted by atomic mass is 9.90. The number of pyridine rings is 2. The summed E-state index contributed by atoms with van der Waals surface area (Å²) in [6.07, 6.45) is -5.48. The summed E-state index contributed by atoms with van der Waals surface area (Å²) in [6.45, 7) is 1.81. The van der Waals surface area contributed by atoms with Crippen molar-refractivity contribution in [1.29, 1.82) is 0 Å². The van der Waals surface area contributed by atoms with Crippen LogP contribution in [0.2, 0.25) is 0 Å². The summed E-state index contributed by atoms with van der Waals surface area (Å²) in [4.78, 5) is 12.4. The van der Waals surface area contributed by atoms with E-state index in [-0.39, 0.29) is 32.9 Å². The molecular weight excluding hydrogens is 847 g/mol. The number of hydrogen-bond acceptors (Lipinski definition) is 8. The van der Waals surface area contributed by atoms with Gasteiger partial charge in [-0.15, -0.1) is 26.3 Å². The summed E-state index contributed by atoms with van der Waals surface area (Å²) >= 11 is 2.74. The largest absolute Gasteiger partial charge is 0.573 e. The van der Waals surface area contributed by atoms with Crippen LogP contribution < -0.4 is 9.47 Å². The summed E-state index contributed by atoms with van der Waals surface area (Å²) < 4.78 is 122. The Labute approximate surface area is 345 Å². The number of aromatic nitrogens is 4. The standard InChI is InChI=1S/C43H26F6N4O4S3/c1-24-8-10-31(11-9-24)60(54,55)53-39(36(26-5-3-7-30(19-26)57-43(47,48)49)38-32(12-15-50-41(38)53)27-13-16-58-22-27)34-21-52-40-37(35(34)28-14-17-59-23-28)33(20-51-40)25-4-2-6-29(18-25)56-42(44,45)46/h2-23H,1H3,(H,51,52). The molecule has 8 nitrogen and oxygen atoms in total. The first-order chi connectivity index (χ1) is 28.7. The van der Waals surface area contributed by atoms with Gasteiger partial charge in [-0.1, -0.05) is 42.0 Å². The van der Waals surface area contributed by atoms with E-state index < -0.39 is 34.2 Å². The van der Waals surface area contributed by atoms with Crippen LogP contribution in [0, 0.1) is 6.92 Å². The Balaban J connectivity index is 1.46. The van der Waals surface area contributed by atoms with Crippen molar-refractivity contribution in [3.63, 3.8) is 0 Å². The average molecular weight is 873 g/mol. The fraction of sp³-hybridized carbons (Fsp3) is 0.0698. The van der Waals surface area contributed by atoms with Crippen molar-refractivity contribution in [2.45, 2.75) is 24.5 Å². The number of nitrogens with zero attached hydrogens (tertiary/aromatic N) is 3. The van der Waals surface area contributed by atoms with Crippen LogP contribution in [0.3, 0.4) is 0 Å². The Hall–Kier alpha value is -6.43. The number of aryl methyl sites for hydroxylation is 1. The third-order valence-corrected chi connectivity index (χ3v) is 12.8. The quantitative estimate of drug-likeness (QED) is 0.145. The first kappa shape index (κ1) is 39.1. The predicted octanol–water partition coefficient (Wildman–Crippen LogP) is 12.7. The maximum atomic E-state index is 15.3. The SMILES string of the molecule is Cc1ccc(S(=O)(=O)n2c(-c3cnc4[nH]cc(-c5cccc(OC(F)(F)F)c5)c4c3-c3ccsc3)c(-c3cccc(OC(F)(F)F)c3)c3c(-c4ccsc4)ccnc32)cc1. The number of benzene rings is 3. The average Bonchev–Trinajstić information content (AvgIpc) is 4.03. The van der Waals surface area contributed by atoms with Crippen LogP contribution >= 0.6 is 22.7 Å². The molecule has 6 aromatic heterocycles. The van der Waals surface area contributed by atoms with E-state index in [0.717, 1.165) is 15.6 Å². The van der Waals surface area contributed by atoms with E-state index in [2.05, 4.69) is 19.4 Å². The number of hydrogen-bond donors (Lipinski definition) is 1. The van der Waals surface area contributed by atoms with Gasteiger partial charge in [0.05, 0.1) is 10.6 Å². The number of alkyl halides is 6. The molecule has 0 spiro atoms. The van der Waals surface area contributed by atoms with Crippen molar-refractivity contribution in [3.05, 3.63) is 137 Å². The second-order valence-electron chi connectivity index (χ2n) is 13.5. The molecule has 0 saturated carbocycles. The molecule has 3 aromatic carbocycles. The smallest absolute Gasteiger partial charge is 0.406 e. The van der Waals surface area contributed by atoms with Gasteiger partial charge in [-0.25, -0.2) is 22.4 Å². The second kappa shape index (κ2) is 14.7. The third kappa shape index (κ3) is 7.18. The van der Waals surface area contributed by atoms with Gasteiger partial charge in [-0.2, -0.15) is 22.7 Å². The molecule has 0 radical (unpaired) electrons. The van der Waals surface area contributed by atoms with E-state index in [1.165, 1.54) is 77.5 Å². The van der Waals surface area contributed by atoms with E-state index in [1.807, 2.05) is 34.5 Å². The summed E-state index contributed by atoms with van der Waals surface area (Å²) in [7, 11) is -4.59. The van der Waals surface area contributed by atoms with Gasteiger partial charge in [-0.3, -0.25) is 0 Å². The molecular formula is C43H26F6N4O4S3. The third-order valence-electron chi connectivity index (χ3n) is 9.71.